The molecule has 0 atom stereocenters. The first kappa shape index (κ1) is 20.7. The van der Waals surface area contributed by atoms with Gasteiger partial charge in [0.1, 0.15) is 5.02 Å². The number of hydrogen-bond acceptors (Lipinski definition) is 8. The lowest BCUT2D eigenvalue weighted by atomic mass is 10.3. The number of rotatable bonds is 6. The number of nitro benzene ring substituents is 2. The molecule has 0 bridgehead atoms. The number of halogens is 1. The number of benzene rings is 2. The van der Waals surface area contributed by atoms with Crippen molar-refractivity contribution in [3.63, 3.8) is 0 Å². The van der Waals surface area contributed by atoms with E-state index in [1.807, 2.05) is 0 Å². The van der Waals surface area contributed by atoms with Crippen molar-refractivity contribution in [1.82, 2.24) is 3.71 Å². The summed E-state index contributed by atoms with van der Waals surface area (Å²) in [7, 11) is -8.56. The minimum Gasteiger partial charge on any atom is -0.258 e. The molecule has 2 aromatic carbocycles. The lowest BCUT2D eigenvalue weighted by molar-refractivity contribution is -0.385. The Balaban J connectivity index is 2.51. The number of hydrogen-bond donors (Lipinski definition) is 0. The standard InChI is InChI=1S/C13H10ClN3O8S2/c1-15(26(22,23)10-4-2-9(3-5-10)16(18)19)27(24,25)11-6-7-12(14)13(8-11)17(20)21/h2-8H,1H3. The summed E-state index contributed by atoms with van der Waals surface area (Å²) in [6.45, 7) is 0. The Kier molecular flexibility index (Phi) is 5.51. The predicted molar refractivity (Wildman–Crippen MR) is 93.3 cm³/mol. The topological polar surface area (TPSA) is 158 Å². The molecule has 0 unspecified atom stereocenters. The largest absolute Gasteiger partial charge is 0.289 e. The second kappa shape index (κ2) is 7.19. The van der Waals surface area contributed by atoms with Gasteiger partial charge in [-0.3, -0.25) is 20.2 Å². The van der Waals surface area contributed by atoms with Gasteiger partial charge in [-0.25, -0.2) is 16.8 Å². The van der Waals surface area contributed by atoms with Crippen LogP contribution >= 0.6 is 11.6 Å². The van der Waals surface area contributed by atoms with E-state index < -0.39 is 45.4 Å². The number of nitrogens with zero attached hydrogens (tertiary/aromatic N) is 3. The highest BCUT2D eigenvalue weighted by molar-refractivity contribution is 8.04. The second-order valence-electron chi connectivity index (χ2n) is 5.01. The minimum atomic E-state index is -4.70. The summed E-state index contributed by atoms with van der Waals surface area (Å²) in [5.74, 6) is 0. The van der Waals surface area contributed by atoms with Crippen molar-refractivity contribution < 1.29 is 26.7 Å². The van der Waals surface area contributed by atoms with E-state index in [0.29, 0.717) is 6.07 Å². The maximum atomic E-state index is 12.6. The van der Waals surface area contributed by atoms with Crippen LogP contribution in [0.5, 0.6) is 0 Å². The van der Waals surface area contributed by atoms with Gasteiger partial charge < -0.3 is 0 Å². The highest BCUT2D eigenvalue weighted by Crippen LogP contribution is 2.30. The predicted octanol–water partition coefficient (Wildman–Crippen LogP) is 2.17. The molecule has 0 fully saturated rings. The zero-order valence-electron chi connectivity index (χ0n) is 13.3. The molecule has 0 amide bonds. The van der Waals surface area contributed by atoms with E-state index in [1.165, 1.54) is 0 Å². The molecular weight excluding hydrogens is 426 g/mol. The third-order valence-corrected chi connectivity index (χ3v) is 8.00. The lowest BCUT2D eigenvalue weighted by Crippen LogP contribution is -2.33. The van der Waals surface area contributed by atoms with E-state index in [2.05, 4.69) is 0 Å². The summed E-state index contributed by atoms with van der Waals surface area (Å²) in [5.41, 5.74) is -1.09. The van der Waals surface area contributed by atoms with E-state index in [-0.39, 0.29) is 14.4 Å². The van der Waals surface area contributed by atoms with Crippen molar-refractivity contribution in [3.8, 4) is 0 Å². The van der Waals surface area contributed by atoms with Crippen molar-refractivity contribution in [2.75, 3.05) is 7.05 Å². The van der Waals surface area contributed by atoms with Crippen molar-refractivity contribution in [2.24, 2.45) is 0 Å². The third kappa shape index (κ3) is 3.90. The van der Waals surface area contributed by atoms with Crippen molar-refractivity contribution in [2.45, 2.75) is 9.79 Å². The fraction of sp³-hybridized carbons (Fsp3) is 0.0769. The molecule has 144 valence electrons. The molecule has 0 saturated carbocycles. The molecule has 0 heterocycles. The fourth-order valence-electron chi connectivity index (χ4n) is 1.96. The Morgan fingerprint density at radius 3 is 1.81 bits per heavy atom. The molecule has 0 aromatic heterocycles. The monoisotopic (exact) mass is 435 g/mol. The van der Waals surface area contributed by atoms with Gasteiger partial charge in [0.2, 0.25) is 0 Å². The van der Waals surface area contributed by atoms with Gasteiger partial charge in [-0.15, -0.1) is 0 Å². The van der Waals surface area contributed by atoms with Gasteiger partial charge >= 0.3 is 0 Å². The average molecular weight is 436 g/mol. The van der Waals surface area contributed by atoms with E-state index >= 15 is 0 Å². The van der Waals surface area contributed by atoms with Gasteiger partial charge in [0.05, 0.1) is 19.6 Å². The van der Waals surface area contributed by atoms with Crippen molar-refractivity contribution in [3.05, 3.63) is 67.7 Å². The summed E-state index contributed by atoms with van der Waals surface area (Å²) in [6, 6.07) is 6.08. The Morgan fingerprint density at radius 1 is 0.852 bits per heavy atom. The molecule has 0 aliphatic heterocycles. The van der Waals surface area contributed by atoms with Gasteiger partial charge in [0, 0.05) is 25.2 Å². The molecule has 27 heavy (non-hydrogen) atoms. The Bertz CT molecular complexity index is 1130. The molecule has 0 N–H and O–H groups in total. The van der Waals surface area contributed by atoms with Crippen LogP contribution in [0.1, 0.15) is 0 Å². The molecule has 0 saturated heterocycles. The van der Waals surface area contributed by atoms with Crippen LogP contribution in [-0.2, 0) is 20.0 Å². The molecule has 14 heteroatoms. The minimum absolute atomic E-state index is 0.0220. The van der Waals surface area contributed by atoms with E-state index in [4.69, 9.17) is 11.6 Å². The Labute approximate surface area is 158 Å². The molecule has 0 spiro atoms. The number of non-ortho nitro benzene ring substituents is 1. The molecule has 11 nitrogen and oxygen atoms in total. The zero-order chi connectivity index (χ0) is 20.6. The first-order chi connectivity index (χ1) is 12.4. The van der Waals surface area contributed by atoms with E-state index in [9.17, 15) is 37.1 Å². The summed E-state index contributed by atoms with van der Waals surface area (Å²) in [4.78, 5) is 18.7. The number of nitro groups is 2. The smallest absolute Gasteiger partial charge is 0.258 e. The lowest BCUT2D eigenvalue weighted by Gasteiger charge is -2.17. The second-order valence-corrected chi connectivity index (χ2v) is 9.59. The first-order valence-corrected chi connectivity index (χ1v) is 10.1. The molecule has 0 aliphatic rings. The quantitative estimate of drug-likeness (QED) is 0.493. The summed E-state index contributed by atoms with van der Waals surface area (Å²) < 4.78 is 50.3. The molecule has 2 rings (SSSR count). The van der Waals surface area contributed by atoms with Crippen molar-refractivity contribution in [1.29, 1.82) is 0 Å². The van der Waals surface area contributed by atoms with Gasteiger partial charge in [0.25, 0.3) is 31.4 Å². The van der Waals surface area contributed by atoms with Crippen LogP contribution in [0, 0.1) is 20.2 Å². The van der Waals surface area contributed by atoms with Crippen LogP contribution in [-0.4, -0.2) is 37.4 Å². The molecule has 0 radical (unpaired) electrons. The zero-order valence-corrected chi connectivity index (χ0v) is 15.7. The van der Waals surface area contributed by atoms with Crippen LogP contribution in [0.15, 0.2) is 52.3 Å². The maximum Gasteiger partial charge on any atom is 0.289 e. The van der Waals surface area contributed by atoms with Gasteiger partial charge in [-0.1, -0.05) is 15.3 Å². The average Bonchev–Trinajstić information content (AvgIpc) is 2.60. The van der Waals surface area contributed by atoms with Crippen LogP contribution in [0.3, 0.4) is 0 Å². The highest BCUT2D eigenvalue weighted by atomic mass is 35.5. The SMILES string of the molecule is CN(S(=O)(=O)c1ccc([N+](=O)[O-])cc1)S(=O)(=O)c1ccc(Cl)c([N+](=O)[O-])c1. The third-order valence-electron chi connectivity index (χ3n) is 3.43. The Morgan fingerprint density at radius 2 is 1.33 bits per heavy atom. The van der Waals surface area contributed by atoms with Gasteiger partial charge in [-0.2, -0.15) is 0 Å². The first-order valence-electron chi connectivity index (χ1n) is 6.81. The molecule has 2 aromatic rings. The summed E-state index contributed by atoms with van der Waals surface area (Å²) in [6.07, 6.45) is 0. The van der Waals surface area contributed by atoms with Crippen LogP contribution in [0.25, 0.3) is 0 Å². The normalized spacial score (nSPS) is 12.1. The molecular formula is C13H10ClN3O8S2. The fourth-order valence-corrected chi connectivity index (χ4v) is 5.27. The summed E-state index contributed by atoms with van der Waals surface area (Å²) in [5, 5.41) is 21.2. The van der Waals surface area contributed by atoms with Gasteiger partial charge in [0.15, 0.2) is 0 Å². The summed E-state index contributed by atoms with van der Waals surface area (Å²) >= 11 is 5.62. The van der Waals surface area contributed by atoms with E-state index in [0.717, 1.165) is 43.4 Å². The highest BCUT2D eigenvalue weighted by Gasteiger charge is 2.34. The Hall–Kier alpha value is -2.61. The van der Waals surface area contributed by atoms with Crippen molar-refractivity contribution >= 4 is 43.0 Å². The maximum absolute atomic E-state index is 12.6. The van der Waals surface area contributed by atoms with Gasteiger partial charge in [-0.05, 0) is 24.3 Å². The molecule has 0 aliphatic carbocycles. The van der Waals surface area contributed by atoms with Crippen LogP contribution in [0.2, 0.25) is 5.02 Å². The van der Waals surface area contributed by atoms with Crippen LogP contribution in [0.4, 0.5) is 11.4 Å². The van der Waals surface area contributed by atoms with Crippen LogP contribution < -0.4 is 0 Å². The van der Waals surface area contributed by atoms with E-state index in [1.54, 1.807) is 0 Å². The number of sulfonamides is 2.